The van der Waals surface area contributed by atoms with E-state index in [9.17, 15) is 0 Å². The summed E-state index contributed by atoms with van der Waals surface area (Å²) in [6, 6.07) is 14.3. The zero-order valence-electron chi connectivity index (χ0n) is 9.82. The number of benzene rings is 1. The molecule has 0 aliphatic carbocycles. The SMILES string of the molecule is c1ccc(N2CCn3c2nc2cccnc23)cc1. The summed E-state index contributed by atoms with van der Waals surface area (Å²) in [6.07, 6.45) is 1.82. The lowest BCUT2D eigenvalue weighted by Crippen LogP contribution is -2.13. The van der Waals surface area contributed by atoms with Crippen molar-refractivity contribution in [3.63, 3.8) is 0 Å². The summed E-state index contributed by atoms with van der Waals surface area (Å²) in [4.78, 5) is 11.3. The molecule has 4 heteroatoms. The Hall–Kier alpha value is -2.36. The van der Waals surface area contributed by atoms with Gasteiger partial charge in [-0.05, 0) is 24.3 Å². The van der Waals surface area contributed by atoms with Gasteiger partial charge in [-0.25, -0.2) is 9.97 Å². The fraction of sp³-hybridized carbons (Fsp3) is 0.143. The van der Waals surface area contributed by atoms with Crippen LogP contribution < -0.4 is 4.90 Å². The number of aromatic nitrogens is 3. The van der Waals surface area contributed by atoms with Crippen LogP contribution in [0, 0.1) is 0 Å². The number of fused-ring (bicyclic) bond motifs is 3. The van der Waals surface area contributed by atoms with Crippen molar-refractivity contribution in [2.75, 3.05) is 11.4 Å². The highest BCUT2D eigenvalue weighted by atomic mass is 15.4. The van der Waals surface area contributed by atoms with Crippen LogP contribution in [0.5, 0.6) is 0 Å². The number of para-hydroxylation sites is 1. The number of anilines is 2. The lowest BCUT2D eigenvalue weighted by molar-refractivity contribution is 0.816. The Morgan fingerprint density at radius 2 is 1.83 bits per heavy atom. The van der Waals surface area contributed by atoms with Crippen molar-refractivity contribution in [2.45, 2.75) is 6.54 Å². The molecule has 3 aromatic rings. The molecule has 3 heterocycles. The predicted octanol–water partition coefficient (Wildman–Crippen LogP) is 2.58. The molecule has 4 rings (SSSR count). The minimum atomic E-state index is 0.942. The van der Waals surface area contributed by atoms with Gasteiger partial charge in [0.05, 0.1) is 0 Å². The molecule has 0 saturated heterocycles. The molecule has 0 amide bonds. The lowest BCUT2D eigenvalue weighted by Gasteiger charge is -2.15. The van der Waals surface area contributed by atoms with Gasteiger partial charge in [0.1, 0.15) is 5.52 Å². The molecule has 2 aromatic heterocycles. The van der Waals surface area contributed by atoms with Crippen molar-refractivity contribution in [3.8, 4) is 0 Å². The molecule has 0 unspecified atom stereocenters. The molecule has 0 atom stereocenters. The second kappa shape index (κ2) is 3.57. The maximum Gasteiger partial charge on any atom is 0.212 e. The van der Waals surface area contributed by atoms with Crippen LogP contribution >= 0.6 is 0 Å². The zero-order chi connectivity index (χ0) is 11.9. The Balaban J connectivity index is 1.90. The smallest absolute Gasteiger partial charge is 0.212 e. The van der Waals surface area contributed by atoms with Crippen LogP contribution in [0.2, 0.25) is 0 Å². The van der Waals surface area contributed by atoms with E-state index in [1.165, 1.54) is 5.69 Å². The third kappa shape index (κ3) is 1.26. The van der Waals surface area contributed by atoms with Crippen LogP contribution in [0.1, 0.15) is 0 Å². The first-order chi connectivity index (χ1) is 8.93. The predicted molar refractivity (Wildman–Crippen MR) is 71.0 cm³/mol. The number of imidazole rings is 1. The standard InChI is InChI=1S/C14H12N4/c1-2-5-11(6-3-1)17-9-10-18-13-12(16-14(17)18)7-4-8-15-13/h1-8H,9-10H2. The number of pyridine rings is 1. The molecule has 0 N–H and O–H groups in total. The van der Waals surface area contributed by atoms with E-state index >= 15 is 0 Å². The molecule has 0 saturated carbocycles. The molecule has 4 nitrogen and oxygen atoms in total. The Morgan fingerprint density at radius 3 is 2.72 bits per heavy atom. The highest BCUT2D eigenvalue weighted by molar-refractivity contribution is 5.77. The fourth-order valence-corrected chi connectivity index (χ4v) is 2.51. The van der Waals surface area contributed by atoms with E-state index in [-0.39, 0.29) is 0 Å². The van der Waals surface area contributed by atoms with E-state index < -0.39 is 0 Å². The van der Waals surface area contributed by atoms with E-state index in [0.717, 1.165) is 30.2 Å². The van der Waals surface area contributed by atoms with Crippen molar-refractivity contribution in [3.05, 3.63) is 48.7 Å². The summed E-state index contributed by atoms with van der Waals surface area (Å²) in [5.41, 5.74) is 3.13. The molecule has 1 aliphatic heterocycles. The average Bonchev–Trinajstić information content (AvgIpc) is 2.98. The topological polar surface area (TPSA) is 34.0 Å². The molecule has 18 heavy (non-hydrogen) atoms. The van der Waals surface area contributed by atoms with Gasteiger partial charge < -0.3 is 4.90 Å². The second-order valence-corrected chi connectivity index (χ2v) is 4.40. The van der Waals surface area contributed by atoms with E-state index in [2.05, 4.69) is 43.7 Å². The molecular weight excluding hydrogens is 224 g/mol. The monoisotopic (exact) mass is 236 g/mol. The summed E-state index contributed by atoms with van der Waals surface area (Å²) < 4.78 is 2.18. The van der Waals surface area contributed by atoms with Crippen molar-refractivity contribution >= 4 is 22.8 Å². The third-order valence-corrected chi connectivity index (χ3v) is 3.34. The fourth-order valence-electron chi connectivity index (χ4n) is 2.51. The number of hydrogen-bond donors (Lipinski definition) is 0. The highest BCUT2D eigenvalue weighted by Crippen LogP contribution is 2.31. The van der Waals surface area contributed by atoms with Crippen LogP contribution in [0.25, 0.3) is 11.2 Å². The second-order valence-electron chi connectivity index (χ2n) is 4.40. The summed E-state index contributed by atoms with van der Waals surface area (Å²) in [6.45, 7) is 1.90. The summed E-state index contributed by atoms with van der Waals surface area (Å²) >= 11 is 0. The zero-order valence-corrected chi connectivity index (χ0v) is 9.82. The van der Waals surface area contributed by atoms with E-state index in [1.54, 1.807) is 0 Å². The van der Waals surface area contributed by atoms with Gasteiger partial charge in [-0.15, -0.1) is 0 Å². The largest absolute Gasteiger partial charge is 0.310 e. The summed E-state index contributed by atoms with van der Waals surface area (Å²) in [5.74, 6) is 0.995. The first kappa shape index (κ1) is 9.65. The van der Waals surface area contributed by atoms with Gasteiger partial charge in [0.25, 0.3) is 0 Å². The first-order valence-corrected chi connectivity index (χ1v) is 6.07. The molecule has 0 fully saturated rings. The van der Waals surface area contributed by atoms with Crippen molar-refractivity contribution in [1.29, 1.82) is 0 Å². The molecule has 1 aromatic carbocycles. The van der Waals surface area contributed by atoms with Crippen LogP contribution in [0.4, 0.5) is 11.6 Å². The third-order valence-electron chi connectivity index (χ3n) is 3.34. The highest BCUT2D eigenvalue weighted by Gasteiger charge is 2.24. The minimum absolute atomic E-state index is 0.942. The van der Waals surface area contributed by atoms with Crippen molar-refractivity contribution < 1.29 is 0 Å². The van der Waals surface area contributed by atoms with Gasteiger partial charge in [0.2, 0.25) is 5.95 Å². The van der Waals surface area contributed by atoms with Crippen LogP contribution in [-0.4, -0.2) is 21.1 Å². The van der Waals surface area contributed by atoms with Gasteiger partial charge in [0, 0.05) is 25.0 Å². The van der Waals surface area contributed by atoms with E-state index in [1.807, 2.05) is 24.4 Å². The quantitative estimate of drug-likeness (QED) is 0.651. The molecular formula is C14H12N4. The molecule has 1 aliphatic rings. The van der Waals surface area contributed by atoms with E-state index in [4.69, 9.17) is 0 Å². The lowest BCUT2D eigenvalue weighted by atomic mass is 10.3. The maximum atomic E-state index is 4.68. The molecule has 0 bridgehead atoms. The van der Waals surface area contributed by atoms with Crippen molar-refractivity contribution in [1.82, 2.24) is 14.5 Å². The van der Waals surface area contributed by atoms with Gasteiger partial charge in [-0.2, -0.15) is 0 Å². The van der Waals surface area contributed by atoms with Gasteiger partial charge >= 0.3 is 0 Å². The Bertz CT molecular complexity index is 702. The maximum absolute atomic E-state index is 4.68. The molecule has 88 valence electrons. The van der Waals surface area contributed by atoms with Crippen molar-refractivity contribution in [2.24, 2.45) is 0 Å². The van der Waals surface area contributed by atoms with Gasteiger partial charge in [-0.3, -0.25) is 4.57 Å². The van der Waals surface area contributed by atoms with Crippen LogP contribution in [0.15, 0.2) is 48.7 Å². The Kier molecular flexibility index (Phi) is 1.91. The van der Waals surface area contributed by atoms with Crippen LogP contribution in [-0.2, 0) is 6.54 Å². The minimum Gasteiger partial charge on any atom is -0.310 e. The molecule has 0 radical (unpaired) electrons. The number of rotatable bonds is 1. The Morgan fingerprint density at radius 1 is 0.944 bits per heavy atom. The summed E-state index contributed by atoms with van der Waals surface area (Å²) in [7, 11) is 0. The average molecular weight is 236 g/mol. The van der Waals surface area contributed by atoms with E-state index in [0.29, 0.717) is 0 Å². The number of nitrogens with zero attached hydrogens (tertiary/aromatic N) is 4. The van der Waals surface area contributed by atoms with Gasteiger partial charge in [0.15, 0.2) is 5.65 Å². The summed E-state index contributed by atoms with van der Waals surface area (Å²) in [5, 5.41) is 0. The van der Waals surface area contributed by atoms with Gasteiger partial charge in [-0.1, -0.05) is 18.2 Å². The Labute approximate surface area is 105 Å². The number of hydrogen-bond acceptors (Lipinski definition) is 3. The normalized spacial score (nSPS) is 14.1. The first-order valence-electron chi connectivity index (χ1n) is 6.07. The molecule has 0 spiro atoms. The van der Waals surface area contributed by atoms with Crippen LogP contribution in [0.3, 0.4) is 0 Å².